The number of aromatic nitrogens is 4. The number of halogens is 3. The first kappa shape index (κ1) is 16.4. The van der Waals surface area contributed by atoms with E-state index in [4.69, 9.17) is 16.0 Å². The van der Waals surface area contributed by atoms with Crippen molar-refractivity contribution in [2.24, 2.45) is 0 Å². The van der Waals surface area contributed by atoms with E-state index in [0.29, 0.717) is 10.6 Å². The van der Waals surface area contributed by atoms with Crippen LogP contribution in [0.3, 0.4) is 0 Å². The minimum absolute atomic E-state index is 0.0336. The van der Waals surface area contributed by atoms with Crippen molar-refractivity contribution in [2.75, 3.05) is 0 Å². The Labute approximate surface area is 141 Å². The van der Waals surface area contributed by atoms with Crippen LogP contribution in [0.25, 0.3) is 11.5 Å². The molecule has 0 saturated carbocycles. The van der Waals surface area contributed by atoms with Gasteiger partial charge >= 0.3 is 6.61 Å². The summed E-state index contributed by atoms with van der Waals surface area (Å²) in [5.74, 6) is 0.331. The number of rotatable bonds is 5. The summed E-state index contributed by atoms with van der Waals surface area (Å²) in [4.78, 5) is 0. The molecule has 0 aliphatic carbocycles. The number of ether oxygens (including phenoxy) is 1. The summed E-state index contributed by atoms with van der Waals surface area (Å²) in [7, 11) is 0. The summed E-state index contributed by atoms with van der Waals surface area (Å²) < 4.78 is 36.8. The summed E-state index contributed by atoms with van der Waals surface area (Å²) in [5.41, 5.74) is 1.05. The molecule has 1 unspecified atom stereocenters. The van der Waals surface area contributed by atoms with Crippen molar-refractivity contribution in [3.05, 3.63) is 47.1 Å². The number of alkyl halides is 2. The molecule has 0 radical (unpaired) electrons. The van der Waals surface area contributed by atoms with E-state index in [9.17, 15) is 8.78 Å². The minimum atomic E-state index is -2.94. The molecule has 0 spiro atoms. The van der Waals surface area contributed by atoms with Crippen LogP contribution in [0.2, 0.25) is 5.02 Å². The van der Waals surface area contributed by atoms with Crippen molar-refractivity contribution in [3.8, 4) is 17.2 Å². The van der Waals surface area contributed by atoms with Crippen LogP contribution in [0.15, 0.2) is 34.9 Å². The highest BCUT2D eigenvalue weighted by molar-refractivity contribution is 6.31. The maximum atomic E-state index is 12.5. The second-order valence-electron chi connectivity index (χ2n) is 5.02. The fraction of sp³-hybridized carbons (Fsp3) is 0.267. The Morgan fingerprint density at radius 1 is 1.25 bits per heavy atom. The van der Waals surface area contributed by atoms with E-state index in [1.807, 2.05) is 13.8 Å². The average Bonchev–Trinajstić information content (AvgIpc) is 3.15. The van der Waals surface area contributed by atoms with Crippen LogP contribution >= 0.6 is 11.6 Å². The van der Waals surface area contributed by atoms with Crippen molar-refractivity contribution < 1.29 is 17.9 Å². The monoisotopic (exact) mass is 354 g/mol. The smallest absolute Gasteiger partial charge is 0.387 e. The molecule has 126 valence electrons. The van der Waals surface area contributed by atoms with Crippen LogP contribution in [-0.4, -0.2) is 26.6 Å². The van der Waals surface area contributed by atoms with Gasteiger partial charge in [-0.15, -0.1) is 10.2 Å². The van der Waals surface area contributed by atoms with Crippen LogP contribution in [0.4, 0.5) is 8.78 Å². The first-order valence-corrected chi connectivity index (χ1v) is 7.42. The maximum Gasteiger partial charge on any atom is 0.387 e. The molecule has 3 rings (SSSR count). The van der Waals surface area contributed by atoms with Gasteiger partial charge in [0.05, 0.1) is 22.5 Å². The van der Waals surface area contributed by atoms with E-state index < -0.39 is 6.61 Å². The molecule has 0 amide bonds. The Balaban J connectivity index is 1.93. The quantitative estimate of drug-likeness (QED) is 0.690. The molecule has 2 aromatic heterocycles. The Morgan fingerprint density at radius 3 is 2.67 bits per heavy atom. The Bertz CT molecular complexity index is 850. The Kier molecular flexibility index (Phi) is 4.48. The molecule has 9 heteroatoms. The van der Waals surface area contributed by atoms with E-state index in [1.54, 1.807) is 22.9 Å². The van der Waals surface area contributed by atoms with Gasteiger partial charge in [-0.1, -0.05) is 23.7 Å². The zero-order chi connectivity index (χ0) is 17.3. The molecule has 0 N–H and O–H groups in total. The summed E-state index contributed by atoms with van der Waals surface area (Å²) in [5, 5.41) is 12.6. The third kappa shape index (κ3) is 3.09. The van der Waals surface area contributed by atoms with Crippen molar-refractivity contribution in [3.63, 3.8) is 0 Å². The van der Waals surface area contributed by atoms with Crippen molar-refractivity contribution >= 4 is 11.6 Å². The fourth-order valence-corrected chi connectivity index (χ4v) is 2.38. The predicted octanol–water partition coefficient (Wildman–Crippen LogP) is 4.11. The van der Waals surface area contributed by atoms with Gasteiger partial charge in [-0.25, -0.2) is 0 Å². The molecule has 1 atom stereocenters. The molecule has 0 bridgehead atoms. The van der Waals surface area contributed by atoms with Gasteiger partial charge in [-0.05, 0) is 26.0 Å². The van der Waals surface area contributed by atoms with Gasteiger partial charge in [0.2, 0.25) is 5.89 Å². The molecule has 2 heterocycles. The SMILES string of the molecule is Cc1c(Cl)cnn1C(C)c1nnc(-c2ccccc2OC(F)F)o1. The molecule has 0 aliphatic heterocycles. The Hall–Kier alpha value is -2.48. The second kappa shape index (κ2) is 6.56. The standard InChI is InChI=1S/C15H13ClF2N4O2/c1-8-11(16)7-19-22(8)9(2)13-20-21-14(24-13)10-5-3-4-6-12(10)23-15(17)18/h3-7,9,15H,1-2H3. The largest absolute Gasteiger partial charge is 0.434 e. The number of hydrogen-bond donors (Lipinski definition) is 0. The fourth-order valence-electron chi connectivity index (χ4n) is 2.25. The lowest BCUT2D eigenvalue weighted by Crippen LogP contribution is -2.10. The third-order valence-corrected chi connectivity index (χ3v) is 3.85. The van der Waals surface area contributed by atoms with Crippen molar-refractivity contribution in [1.82, 2.24) is 20.0 Å². The molecule has 1 aromatic carbocycles. The number of benzene rings is 1. The molecular formula is C15H13ClF2N4O2. The van der Waals surface area contributed by atoms with E-state index in [1.165, 1.54) is 12.3 Å². The molecular weight excluding hydrogens is 342 g/mol. The molecule has 0 saturated heterocycles. The van der Waals surface area contributed by atoms with E-state index in [0.717, 1.165) is 5.69 Å². The highest BCUT2D eigenvalue weighted by Gasteiger charge is 2.21. The first-order valence-electron chi connectivity index (χ1n) is 7.04. The van der Waals surface area contributed by atoms with Gasteiger partial charge in [-0.2, -0.15) is 13.9 Å². The first-order chi connectivity index (χ1) is 11.5. The van der Waals surface area contributed by atoms with Crippen LogP contribution in [0, 0.1) is 6.92 Å². The Morgan fingerprint density at radius 2 is 2.00 bits per heavy atom. The zero-order valence-corrected chi connectivity index (χ0v) is 13.5. The second-order valence-corrected chi connectivity index (χ2v) is 5.43. The molecule has 0 aliphatic rings. The maximum absolute atomic E-state index is 12.5. The van der Waals surface area contributed by atoms with Crippen LogP contribution in [-0.2, 0) is 0 Å². The van der Waals surface area contributed by atoms with Gasteiger partial charge < -0.3 is 9.15 Å². The molecule has 6 nitrogen and oxygen atoms in total. The van der Waals surface area contributed by atoms with Crippen molar-refractivity contribution in [1.29, 1.82) is 0 Å². The topological polar surface area (TPSA) is 66.0 Å². The average molecular weight is 355 g/mol. The van der Waals surface area contributed by atoms with Gasteiger partial charge in [-0.3, -0.25) is 4.68 Å². The van der Waals surface area contributed by atoms with Crippen LogP contribution in [0.1, 0.15) is 24.6 Å². The van der Waals surface area contributed by atoms with Gasteiger partial charge in [0.1, 0.15) is 11.8 Å². The van der Waals surface area contributed by atoms with Crippen molar-refractivity contribution in [2.45, 2.75) is 26.5 Å². The van der Waals surface area contributed by atoms with E-state index in [2.05, 4.69) is 20.0 Å². The zero-order valence-electron chi connectivity index (χ0n) is 12.8. The van der Waals surface area contributed by atoms with Gasteiger partial charge in [0, 0.05) is 0 Å². The number of nitrogens with zero attached hydrogens (tertiary/aromatic N) is 4. The van der Waals surface area contributed by atoms with Gasteiger partial charge in [0.25, 0.3) is 5.89 Å². The van der Waals surface area contributed by atoms with E-state index >= 15 is 0 Å². The number of para-hydroxylation sites is 1. The predicted molar refractivity (Wildman–Crippen MR) is 82.2 cm³/mol. The highest BCUT2D eigenvalue weighted by Crippen LogP contribution is 2.31. The van der Waals surface area contributed by atoms with Crippen LogP contribution < -0.4 is 4.74 Å². The molecule has 0 fully saturated rings. The minimum Gasteiger partial charge on any atom is -0.434 e. The third-order valence-electron chi connectivity index (χ3n) is 3.48. The normalized spacial score (nSPS) is 12.6. The lowest BCUT2D eigenvalue weighted by molar-refractivity contribution is -0.0495. The number of hydrogen-bond acceptors (Lipinski definition) is 5. The molecule has 24 heavy (non-hydrogen) atoms. The summed E-state index contributed by atoms with van der Waals surface area (Å²) in [6.45, 7) is 0.686. The van der Waals surface area contributed by atoms with E-state index in [-0.39, 0.29) is 23.6 Å². The summed E-state index contributed by atoms with van der Waals surface area (Å²) >= 11 is 5.99. The lowest BCUT2D eigenvalue weighted by atomic mass is 10.2. The molecule has 3 aromatic rings. The van der Waals surface area contributed by atoms with Crippen LogP contribution in [0.5, 0.6) is 5.75 Å². The van der Waals surface area contributed by atoms with Gasteiger partial charge in [0.15, 0.2) is 0 Å². The summed E-state index contributed by atoms with van der Waals surface area (Å²) in [6, 6.07) is 5.86. The highest BCUT2D eigenvalue weighted by atomic mass is 35.5. The summed E-state index contributed by atoms with van der Waals surface area (Å²) in [6.07, 6.45) is 1.52. The lowest BCUT2D eigenvalue weighted by Gasteiger charge is -2.10.